The maximum Gasteiger partial charge on any atom is 0.258 e. The number of fused-ring (bicyclic) bond motifs is 1. The number of nitrogens with zero attached hydrogens (tertiary/aromatic N) is 1. The fourth-order valence-electron chi connectivity index (χ4n) is 2.94. The van der Waals surface area contributed by atoms with Crippen molar-refractivity contribution >= 4 is 5.91 Å². The highest BCUT2D eigenvalue weighted by atomic mass is 16.5. The van der Waals surface area contributed by atoms with Crippen molar-refractivity contribution in [2.75, 3.05) is 6.61 Å². The number of ether oxygens (including phenoxy) is 1. The predicted octanol–water partition coefficient (Wildman–Crippen LogP) is 3.13. The number of benzene rings is 2. The van der Waals surface area contributed by atoms with E-state index in [4.69, 9.17) is 10.00 Å². The van der Waals surface area contributed by atoms with E-state index in [0.717, 1.165) is 19.3 Å². The first-order valence-electron chi connectivity index (χ1n) is 7.76. The molecular weight excluding hydrogens is 288 g/mol. The molecule has 2 aromatic carbocycles. The summed E-state index contributed by atoms with van der Waals surface area (Å²) in [6.45, 7) is -0.0481. The zero-order valence-electron chi connectivity index (χ0n) is 12.8. The first-order chi connectivity index (χ1) is 11.3. The zero-order valence-corrected chi connectivity index (χ0v) is 12.8. The van der Waals surface area contributed by atoms with Crippen LogP contribution in [0.15, 0.2) is 48.5 Å². The molecule has 0 saturated heterocycles. The second kappa shape index (κ2) is 6.97. The summed E-state index contributed by atoms with van der Waals surface area (Å²) in [5.74, 6) is 0.386. The van der Waals surface area contributed by atoms with Crippen LogP contribution in [-0.4, -0.2) is 12.5 Å². The summed E-state index contributed by atoms with van der Waals surface area (Å²) in [7, 11) is 0. The monoisotopic (exact) mass is 306 g/mol. The zero-order chi connectivity index (χ0) is 16.1. The highest BCUT2D eigenvalue weighted by molar-refractivity contribution is 5.78. The number of carbonyl (C=O) groups is 1. The Bertz CT molecular complexity index is 749. The maximum atomic E-state index is 12.1. The highest BCUT2D eigenvalue weighted by Crippen LogP contribution is 2.29. The minimum atomic E-state index is -0.144. The molecule has 2 aromatic rings. The quantitative estimate of drug-likeness (QED) is 0.944. The van der Waals surface area contributed by atoms with E-state index < -0.39 is 0 Å². The van der Waals surface area contributed by atoms with Crippen LogP contribution >= 0.6 is 0 Å². The van der Waals surface area contributed by atoms with Crippen LogP contribution in [0.2, 0.25) is 0 Å². The van der Waals surface area contributed by atoms with Crippen molar-refractivity contribution in [1.82, 2.24) is 5.32 Å². The van der Waals surface area contributed by atoms with Crippen molar-refractivity contribution in [3.05, 3.63) is 65.2 Å². The van der Waals surface area contributed by atoms with Gasteiger partial charge in [-0.2, -0.15) is 5.26 Å². The van der Waals surface area contributed by atoms with Gasteiger partial charge < -0.3 is 10.1 Å². The molecule has 0 fully saturated rings. The number of hydrogen-bond donors (Lipinski definition) is 1. The molecule has 1 amide bonds. The van der Waals surface area contributed by atoms with Crippen LogP contribution in [-0.2, 0) is 11.2 Å². The van der Waals surface area contributed by atoms with E-state index >= 15 is 0 Å². The summed E-state index contributed by atoms with van der Waals surface area (Å²) in [6, 6.07) is 17.2. The third-order valence-electron chi connectivity index (χ3n) is 4.04. The predicted molar refractivity (Wildman–Crippen MR) is 86.9 cm³/mol. The number of carbonyl (C=O) groups excluding carboxylic acids is 1. The van der Waals surface area contributed by atoms with Crippen LogP contribution in [0, 0.1) is 11.3 Å². The van der Waals surface area contributed by atoms with Gasteiger partial charge in [-0.1, -0.05) is 30.3 Å². The Morgan fingerprint density at radius 2 is 2.13 bits per heavy atom. The summed E-state index contributed by atoms with van der Waals surface area (Å²) in [5, 5.41) is 11.9. The molecule has 0 radical (unpaired) electrons. The average molecular weight is 306 g/mol. The SMILES string of the molecule is N#Cc1cccc(OCC(=O)NC2CCCc3ccccc32)c1. The molecule has 1 N–H and O–H groups in total. The number of aryl methyl sites for hydroxylation is 1. The fourth-order valence-corrected chi connectivity index (χ4v) is 2.94. The standard InChI is InChI=1S/C19H18N2O2/c20-12-14-5-3-8-16(11-14)23-13-19(22)21-18-10-4-7-15-6-1-2-9-17(15)18/h1-3,5-6,8-9,11,18H,4,7,10,13H2,(H,21,22). The molecule has 0 spiro atoms. The van der Waals surface area contributed by atoms with Gasteiger partial charge in [-0.15, -0.1) is 0 Å². The molecule has 1 unspecified atom stereocenters. The number of nitriles is 1. The van der Waals surface area contributed by atoms with Crippen molar-refractivity contribution in [3.8, 4) is 11.8 Å². The Balaban J connectivity index is 1.59. The summed E-state index contributed by atoms with van der Waals surface area (Å²) >= 11 is 0. The Morgan fingerprint density at radius 3 is 3.00 bits per heavy atom. The number of amides is 1. The summed E-state index contributed by atoms with van der Waals surface area (Å²) < 4.78 is 5.48. The minimum absolute atomic E-state index is 0.0481. The van der Waals surface area contributed by atoms with Gasteiger partial charge in [0.25, 0.3) is 5.91 Å². The van der Waals surface area contributed by atoms with E-state index in [0.29, 0.717) is 11.3 Å². The second-order valence-electron chi connectivity index (χ2n) is 5.64. The first-order valence-corrected chi connectivity index (χ1v) is 7.76. The van der Waals surface area contributed by atoms with Gasteiger partial charge in [-0.05, 0) is 48.6 Å². The van der Waals surface area contributed by atoms with Gasteiger partial charge in [0.1, 0.15) is 5.75 Å². The normalized spacial score (nSPS) is 16.0. The van der Waals surface area contributed by atoms with Gasteiger partial charge in [0.15, 0.2) is 6.61 Å². The molecule has 4 nitrogen and oxygen atoms in total. The lowest BCUT2D eigenvalue weighted by Crippen LogP contribution is -2.34. The van der Waals surface area contributed by atoms with Crippen molar-refractivity contribution in [1.29, 1.82) is 5.26 Å². The van der Waals surface area contributed by atoms with E-state index in [2.05, 4.69) is 23.5 Å². The number of nitrogens with one attached hydrogen (secondary N) is 1. The average Bonchev–Trinajstić information content (AvgIpc) is 2.60. The maximum absolute atomic E-state index is 12.1. The molecule has 0 aliphatic heterocycles. The molecule has 23 heavy (non-hydrogen) atoms. The molecule has 1 atom stereocenters. The molecule has 0 bridgehead atoms. The molecule has 3 rings (SSSR count). The Hall–Kier alpha value is -2.80. The van der Waals surface area contributed by atoms with Crippen molar-refractivity contribution in [2.45, 2.75) is 25.3 Å². The second-order valence-corrected chi connectivity index (χ2v) is 5.64. The summed E-state index contributed by atoms with van der Waals surface area (Å²) in [6.07, 6.45) is 3.10. The highest BCUT2D eigenvalue weighted by Gasteiger charge is 2.21. The van der Waals surface area contributed by atoms with E-state index in [-0.39, 0.29) is 18.6 Å². The van der Waals surface area contributed by atoms with E-state index in [9.17, 15) is 4.79 Å². The molecule has 116 valence electrons. The lowest BCUT2D eigenvalue weighted by Gasteiger charge is -2.26. The van der Waals surface area contributed by atoms with Gasteiger partial charge in [0.05, 0.1) is 17.7 Å². The third kappa shape index (κ3) is 3.70. The molecule has 1 aliphatic carbocycles. The Labute approximate surface area is 135 Å². The van der Waals surface area contributed by atoms with Crippen molar-refractivity contribution < 1.29 is 9.53 Å². The van der Waals surface area contributed by atoms with Crippen LogP contribution in [0.5, 0.6) is 5.75 Å². The van der Waals surface area contributed by atoms with E-state index in [1.165, 1.54) is 11.1 Å². The van der Waals surface area contributed by atoms with Gasteiger partial charge >= 0.3 is 0 Å². The van der Waals surface area contributed by atoms with Crippen LogP contribution in [0.25, 0.3) is 0 Å². The van der Waals surface area contributed by atoms with Crippen LogP contribution in [0.4, 0.5) is 0 Å². The van der Waals surface area contributed by atoms with Gasteiger partial charge in [-0.3, -0.25) is 4.79 Å². The Kier molecular flexibility index (Phi) is 4.58. The van der Waals surface area contributed by atoms with Crippen LogP contribution in [0.1, 0.15) is 35.6 Å². The molecule has 0 saturated carbocycles. The molecule has 1 aliphatic rings. The molecule has 0 heterocycles. The van der Waals surface area contributed by atoms with E-state index in [1.54, 1.807) is 24.3 Å². The number of hydrogen-bond acceptors (Lipinski definition) is 3. The topological polar surface area (TPSA) is 62.1 Å². The molecule has 4 heteroatoms. The first kappa shape index (κ1) is 15.1. The third-order valence-corrected chi connectivity index (χ3v) is 4.04. The summed E-state index contributed by atoms with van der Waals surface area (Å²) in [5.41, 5.74) is 3.04. The van der Waals surface area contributed by atoms with Crippen LogP contribution < -0.4 is 10.1 Å². The largest absolute Gasteiger partial charge is 0.484 e. The van der Waals surface area contributed by atoms with Gasteiger partial charge in [0.2, 0.25) is 0 Å². The summed E-state index contributed by atoms with van der Waals surface area (Å²) in [4.78, 5) is 12.1. The Morgan fingerprint density at radius 1 is 1.26 bits per heavy atom. The van der Waals surface area contributed by atoms with Crippen LogP contribution in [0.3, 0.4) is 0 Å². The van der Waals surface area contributed by atoms with Gasteiger partial charge in [0, 0.05) is 0 Å². The lowest BCUT2D eigenvalue weighted by molar-refractivity contribution is -0.123. The minimum Gasteiger partial charge on any atom is -0.484 e. The smallest absolute Gasteiger partial charge is 0.258 e. The van der Waals surface area contributed by atoms with E-state index in [1.807, 2.05) is 12.1 Å². The fraction of sp³-hybridized carbons (Fsp3) is 0.263. The number of rotatable bonds is 4. The molecular formula is C19H18N2O2. The van der Waals surface area contributed by atoms with Crippen molar-refractivity contribution in [3.63, 3.8) is 0 Å². The van der Waals surface area contributed by atoms with Crippen molar-refractivity contribution in [2.24, 2.45) is 0 Å². The van der Waals surface area contributed by atoms with Gasteiger partial charge in [-0.25, -0.2) is 0 Å². The lowest BCUT2D eigenvalue weighted by atomic mass is 9.88. The molecule has 0 aromatic heterocycles.